The van der Waals surface area contributed by atoms with Gasteiger partial charge >= 0.3 is 0 Å². The minimum atomic E-state index is 0.0568. The topological polar surface area (TPSA) is 36.4 Å². The van der Waals surface area contributed by atoms with Crippen LogP contribution in [0.15, 0.2) is 48.5 Å². The van der Waals surface area contributed by atoms with Crippen molar-refractivity contribution in [2.75, 3.05) is 25.0 Å². The molecule has 156 valence electrons. The lowest BCUT2D eigenvalue weighted by molar-refractivity contribution is 0.0721. The fourth-order valence-electron chi connectivity index (χ4n) is 3.97. The van der Waals surface area contributed by atoms with Gasteiger partial charge in [-0.1, -0.05) is 35.9 Å². The molecule has 6 heteroatoms. The van der Waals surface area contributed by atoms with E-state index in [0.717, 1.165) is 47.1 Å². The predicted octanol–water partition coefficient (Wildman–Crippen LogP) is 5.82. The van der Waals surface area contributed by atoms with Gasteiger partial charge in [-0.15, -0.1) is 11.3 Å². The molecule has 0 radical (unpaired) electrons. The average Bonchev–Trinajstić information content (AvgIpc) is 3.15. The van der Waals surface area contributed by atoms with Crippen LogP contribution >= 0.6 is 22.9 Å². The highest BCUT2D eigenvalue weighted by atomic mass is 35.5. The maximum absolute atomic E-state index is 13.3. The summed E-state index contributed by atoms with van der Waals surface area (Å²) < 4.78 is 0. The van der Waals surface area contributed by atoms with E-state index in [9.17, 15) is 4.79 Å². The average molecular weight is 440 g/mol. The molecule has 1 aliphatic heterocycles. The molecule has 0 unspecified atom stereocenters. The molecule has 2 aromatic carbocycles. The number of carbonyl (C=O) groups is 1. The van der Waals surface area contributed by atoms with Crippen molar-refractivity contribution in [1.29, 1.82) is 0 Å². The Hall–Kier alpha value is -2.37. The molecule has 30 heavy (non-hydrogen) atoms. The molecule has 0 aliphatic carbocycles. The van der Waals surface area contributed by atoms with Gasteiger partial charge in [0, 0.05) is 42.5 Å². The van der Waals surface area contributed by atoms with Crippen molar-refractivity contribution in [2.24, 2.45) is 0 Å². The summed E-state index contributed by atoms with van der Waals surface area (Å²) in [6.45, 7) is 5.91. The second-order valence-corrected chi connectivity index (χ2v) is 9.37. The summed E-state index contributed by atoms with van der Waals surface area (Å²) in [5, 5.41) is 1.55. The number of thiazole rings is 1. The van der Waals surface area contributed by atoms with Crippen LogP contribution in [0.4, 0.5) is 5.69 Å². The molecule has 4 rings (SSSR count). The van der Waals surface area contributed by atoms with Gasteiger partial charge in [-0.3, -0.25) is 4.79 Å². The summed E-state index contributed by atoms with van der Waals surface area (Å²) in [4.78, 5) is 23.0. The molecule has 0 spiro atoms. The number of likely N-dealkylation sites (N-methyl/N-ethyl adjacent to an activating group) is 1. The number of aromatic nitrogens is 1. The molecular formula is C24H26ClN3OS. The van der Waals surface area contributed by atoms with Crippen LogP contribution in [0.2, 0.25) is 5.02 Å². The van der Waals surface area contributed by atoms with Crippen LogP contribution in [0.25, 0.3) is 10.6 Å². The van der Waals surface area contributed by atoms with Crippen LogP contribution < -0.4 is 4.90 Å². The van der Waals surface area contributed by atoms with Crippen molar-refractivity contribution in [3.63, 3.8) is 0 Å². The number of amides is 1. The third kappa shape index (κ3) is 4.37. The number of piperidine rings is 1. The molecule has 1 aromatic heterocycles. The molecule has 1 amide bonds. The monoisotopic (exact) mass is 439 g/mol. The van der Waals surface area contributed by atoms with Crippen molar-refractivity contribution in [3.8, 4) is 10.6 Å². The molecule has 1 aliphatic rings. The summed E-state index contributed by atoms with van der Waals surface area (Å²) in [6, 6.07) is 16.4. The third-order valence-electron chi connectivity index (χ3n) is 5.71. The van der Waals surface area contributed by atoms with E-state index in [1.807, 2.05) is 43.1 Å². The van der Waals surface area contributed by atoms with Crippen LogP contribution in [-0.4, -0.2) is 42.0 Å². The summed E-state index contributed by atoms with van der Waals surface area (Å²) in [5.41, 5.74) is 4.26. The molecule has 1 saturated heterocycles. The normalized spacial score (nSPS) is 16.5. The zero-order valence-electron chi connectivity index (χ0n) is 17.6. The van der Waals surface area contributed by atoms with Gasteiger partial charge in [0.15, 0.2) is 0 Å². The maximum atomic E-state index is 13.3. The number of rotatable bonds is 4. The van der Waals surface area contributed by atoms with E-state index < -0.39 is 0 Å². The van der Waals surface area contributed by atoms with Crippen molar-refractivity contribution >= 4 is 34.5 Å². The number of hydrogen-bond acceptors (Lipinski definition) is 4. The molecule has 4 nitrogen and oxygen atoms in total. The van der Waals surface area contributed by atoms with Crippen LogP contribution in [0.1, 0.15) is 33.8 Å². The van der Waals surface area contributed by atoms with Gasteiger partial charge < -0.3 is 9.80 Å². The van der Waals surface area contributed by atoms with Gasteiger partial charge in [0.2, 0.25) is 0 Å². The first-order valence-corrected chi connectivity index (χ1v) is 11.4. The zero-order chi connectivity index (χ0) is 21.3. The quantitative estimate of drug-likeness (QED) is 0.513. The molecule has 0 bridgehead atoms. The molecule has 1 atom stereocenters. The molecule has 3 aromatic rings. The van der Waals surface area contributed by atoms with Gasteiger partial charge in [-0.25, -0.2) is 4.98 Å². The SMILES string of the molecule is Cc1cccc(N2CCC[C@H](N(C)C(=O)c3sc(-c4ccc(Cl)cc4)nc3C)C2)c1. The van der Waals surface area contributed by atoms with Gasteiger partial charge in [-0.05, 0) is 56.5 Å². The van der Waals surface area contributed by atoms with E-state index in [0.29, 0.717) is 5.02 Å². The Morgan fingerprint density at radius 1 is 1.20 bits per heavy atom. The predicted molar refractivity (Wildman–Crippen MR) is 126 cm³/mol. The third-order valence-corrected chi connectivity index (χ3v) is 7.16. The smallest absolute Gasteiger partial charge is 0.265 e. The standard InChI is InChI=1S/C24H26ClN3OS/c1-16-6-4-7-20(14-16)28-13-5-8-21(15-28)27(3)24(29)22-17(2)26-23(30-22)18-9-11-19(25)12-10-18/h4,6-7,9-12,14,21H,5,8,13,15H2,1-3H3/t21-/m0/s1. The summed E-state index contributed by atoms with van der Waals surface area (Å²) in [6.07, 6.45) is 2.10. The number of aryl methyl sites for hydroxylation is 2. The van der Waals surface area contributed by atoms with E-state index >= 15 is 0 Å². The lowest BCUT2D eigenvalue weighted by Gasteiger charge is -2.38. The molecule has 0 saturated carbocycles. The van der Waals surface area contributed by atoms with Gasteiger partial charge in [0.25, 0.3) is 5.91 Å². The van der Waals surface area contributed by atoms with E-state index in [4.69, 9.17) is 11.6 Å². The van der Waals surface area contributed by atoms with Gasteiger partial charge in [0.05, 0.1) is 5.69 Å². The first kappa shape index (κ1) is 20.9. The van der Waals surface area contributed by atoms with E-state index in [2.05, 4.69) is 41.1 Å². The fraction of sp³-hybridized carbons (Fsp3) is 0.333. The van der Waals surface area contributed by atoms with Gasteiger partial charge in [0.1, 0.15) is 9.88 Å². The van der Waals surface area contributed by atoms with Crippen molar-refractivity contribution in [2.45, 2.75) is 32.7 Å². The van der Waals surface area contributed by atoms with E-state index in [1.165, 1.54) is 22.6 Å². The van der Waals surface area contributed by atoms with Crippen LogP contribution in [-0.2, 0) is 0 Å². The Morgan fingerprint density at radius 3 is 2.70 bits per heavy atom. The number of halogens is 1. The second-order valence-electron chi connectivity index (χ2n) is 7.94. The van der Waals surface area contributed by atoms with Crippen LogP contribution in [0, 0.1) is 13.8 Å². The lowest BCUT2D eigenvalue weighted by Crippen LogP contribution is -2.48. The molecule has 1 fully saturated rings. The van der Waals surface area contributed by atoms with Gasteiger partial charge in [-0.2, -0.15) is 0 Å². The maximum Gasteiger partial charge on any atom is 0.265 e. The van der Waals surface area contributed by atoms with E-state index in [1.54, 1.807) is 0 Å². The summed E-state index contributed by atoms with van der Waals surface area (Å²) in [7, 11) is 1.92. The fourth-order valence-corrected chi connectivity index (χ4v) is 5.15. The highest BCUT2D eigenvalue weighted by Gasteiger charge is 2.29. The first-order chi connectivity index (χ1) is 14.4. The highest BCUT2D eigenvalue weighted by molar-refractivity contribution is 7.17. The zero-order valence-corrected chi connectivity index (χ0v) is 19.1. The number of anilines is 1. The summed E-state index contributed by atoms with van der Waals surface area (Å²) in [5.74, 6) is 0.0568. The second kappa shape index (κ2) is 8.78. The van der Waals surface area contributed by atoms with Crippen LogP contribution in [0.3, 0.4) is 0 Å². The Morgan fingerprint density at radius 2 is 1.97 bits per heavy atom. The number of hydrogen-bond donors (Lipinski definition) is 0. The van der Waals surface area contributed by atoms with Crippen molar-refractivity contribution in [1.82, 2.24) is 9.88 Å². The Balaban J connectivity index is 1.51. The Bertz CT molecular complexity index is 1050. The largest absolute Gasteiger partial charge is 0.369 e. The Kier molecular flexibility index (Phi) is 6.11. The van der Waals surface area contributed by atoms with Crippen molar-refractivity contribution < 1.29 is 4.79 Å². The summed E-state index contributed by atoms with van der Waals surface area (Å²) >= 11 is 7.46. The first-order valence-electron chi connectivity index (χ1n) is 10.2. The van der Waals surface area contributed by atoms with Crippen molar-refractivity contribution in [3.05, 3.63) is 69.7 Å². The highest BCUT2D eigenvalue weighted by Crippen LogP contribution is 2.31. The minimum absolute atomic E-state index is 0.0568. The molecule has 2 heterocycles. The lowest BCUT2D eigenvalue weighted by atomic mass is 10.0. The van der Waals surface area contributed by atoms with Crippen LogP contribution in [0.5, 0.6) is 0 Å². The number of benzene rings is 2. The Labute approximate surface area is 187 Å². The molecule has 0 N–H and O–H groups in total. The molecular weight excluding hydrogens is 414 g/mol. The minimum Gasteiger partial charge on any atom is -0.369 e. The van der Waals surface area contributed by atoms with E-state index in [-0.39, 0.29) is 11.9 Å². The number of nitrogens with zero attached hydrogens (tertiary/aromatic N) is 3. The number of carbonyl (C=O) groups excluding carboxylic acids is 1.